The van der Waals surface area contributed by atoms with Crippen molar-refractivity contribution >= 4 is 34.1 Å². The molecule has 2 aliphatic heterocycles. The lowest BCUT2D eigenvalue weighted by Gasteiger charge is -2.32. The molecule has 0 saturated heterocycles. The smallest absolute Gasteiger partial charge is 0.164 e. The van der Waals surface area contributed by atoms with E-state index in [2.05, 4.69) is 222 Å². The van der Waals surface area contributed by atoms with E-state index < -0.39 is 5.41 Å². The van der Waals surface area contributed by atoms with Crippen molar-refractivity contribution in [3.8, 4) is 67.9 Å². The molecular formula is C67H43N5O. The number of rotatable bonds is 5. The molecule has 2 atom stereocenters. The predicted molar refractivity (Wildman–Crippen MR) is 292 cm³/mol. The number of anilines is 6. The second kappa shape index (κ2) is 15.3. The van der Waals surface area contributed by atoms with E-state index in [-0.39, 0.29) is 0 Å². The number of nitrogens with zero attached hydrogens (tertiary/aromatic N) is 5. The normalized spacial score (nSPS) is 16.3. The first-order valence-electron chi connectivity index (χ1n) is 25.2. The van der Waals surface area contributed by atoms with E-state index in [4.69, 9.17) is 19.7 Å². The number of para-hydroxylation sites is 6. The Hall–Kier alpha value is -9.39. The predicted octanol–water partition coefficient (Wildman–Crippen LogP) is 16.8. The molecule has 16 rings (SSSR count). The van der Waals surface area contributed by atoms with E-state index in [0.29, 0.717) is 29.3 Å². The van der Waals surface area contributed by atoms with Gasteiger partial charge < -0.3 is 14.5 Å². The third kappa shape index (κ3) is 5.83. The minimum atomic E-state index is -0.499. The Morgan fingerprint density at radius 1 is 0.342 bits per heavy atom. The number of benzene rings is 10. The van der Waals surface area contributed by atoms with Gasteiger partial charge in [-0.15, -0.1) is 0 Å². The topological polar surface area (TPSA) is 54.4 Å². The van der Waals surface area contributed by atoms with Gasteiger partial charge in [-0.25, -0.2) is 15.0 Å². The summed E-state index contributed by atoms with van der Waals surface area (Å²) >= 11 is 0. The summed E-state index contributed by atoms with van der Waals surface area (Å²) in [6.45, 7) is 0. The fourth-order valence-corrected chi connectivity index (χ4v) is 12.8. The lowest BCUT2D eigenvalue weighted by molar-refractivity contribution is 0.477. The van der Waals surface area contributed by atoms with Crippen molar-refractivity contribution in [1.29, 1.82) is 0 Å². The lowest BCUT2D eigenvalue weighted by atomic mass is 9.70. The van der Waals surface area contributed by atoms with Gasteiger partial charge in [-0.2, -0.15) is 0 Å². The quantitative estimate of drug-likeness (QED) is 0.171. The number of ether oxygens (including phenoxy) is 1. The Bertz CT molecular complexity index is 3930. The van der Waals surface area contributed by atoms with Crippen LogP contribution < -0.4 is 14.5 Å². The summed E-state index contributed by atoms with van der Waals surface area (Å²) in [6, 6.07) is 85.2. The van der Waals surface area contributed by atoms with Gasteiger partial charge in [0.1, 0.15) is 0 Å². The highest BCUT2D eigenvalue weighted by Gasteiger charge is 2.52. The summed E-state index contributed by atoms with van der Waals surface area (Å²) in [4.78, 5) is 20.8. The Morgan fingerprint density at radius 3 is 1.21 bits per heavy atom. The van der Waals surface area contributed by atoms with Crippen LogP contribution in [0.2, 0.25) is 0 Å². The fraction of sp³-hybridized carbons (Fsp3) is 0.0597. The molecule has 1 unspecified atom stereocenters. The number of aromatic nitrogens is 3. The number of hydrogen-bond donors (Lipinski definition) is 0. The van der Waals surface area contributed by atoms with Crippen molar-refractivity contribution < 1.29 is 4.74 Å². The molecule has 0 N–H and O–H groups in total. The van der Waals surface area contributed by atoms with Gasteiger partial charge in [0.25, 0.3) is 0 Å². The number of fused-ring (bicyclic) bond motifs is 17. The van der Waals surface area contributed by atoms with Gasteiger partial charge in [-0.1, -0.05) is 146 Å². The van der Waals surface area contributed by atoms with Crippen LogP contribution in [0.15, 0.2) is 237 Å². The summed E-state index contributed by atoms with van der Waals surface area (Å²) in [5, 5.41) is 0. The van der Waals surface area contributed by atoms with Gasteiger partial charge in [0, 0.05) is 39.4 Å². The van der Waals surface area contributed by atoms with Crippen molar-refractivity contribution in [3.05, 3.63) is 270 Å². The minimum absolute atomic E-state index is 0.499. The summed E-state index contributed by atoms with van der Waals surface area (Å²) in [5.41, 5.74) is 21.8. The Balaban J connectivity index is 0.856. The van der Waals surface area contributed by atoms with Crippen LogP contribution in [0.5, 0.6) is 11.5 Å². The monoisotopic (exact) mass is 933 g/mol. The average molecular weight is 934 g/mol. The molecule has 0 amide bonds. The van der Waals surface area contributed by atoms with Crippen LogP contribution in [-0.2, 0) is 5.41 Å². The summed E-state index contributed by atoms with van der Waals surface area (Å²) < 4.78 is 6.36. The maximum Gasteiger partial charge on any atom is 0.164 e. The molecule has 1 saturated carbocycles. The van der Waals surface area contributed by atoms with Gasteiger partial charge in [0.15, 0.2) is 29.0 Å². The second-order valence-electron chi connectivity index (χ2n) is 19.8. The number of hydrogen-bond acceptors (Lipinski definition) is 6. The molecular weight excluding hydrogens is 891 g/mol. The van der Waals surface area contributed by atoms with Crippen LogP contribution in [-0.4, -0.2) is 15.0 Å². The van der Waals surface area contributed by atoms with Crippen molar-refractivity contribution in [2.75, 3.05) is 9.80 Å². The van der Waals surface area contributed by atoms with Gasteiger partial charge in [0.05, 0.1) is 16.8 Å². The van der Waals surface area contributed by atoms with Crippen molar-refractivity contribution in [3.63, 3.8) is 0 Å². The maximum absolute atomic E-state index is 6.36. The highest BCUT2D eigenvalue weighted by atomic mass is 16.5. The third-order valence-corrected chi connectivity index (χ3v) is 16.0. The third-order valence-electron chi connectivity index (χ3n) is 16.0. The van der Waals surface area contributed by atoms with E-state index in [0.717, 1.165) is 50.9 Å². The van der Waals surface area contributed by atoms with Crippen LogP contribution in [0, 0.1) is 0 Å². The summed E-state index contributed by atoms with van der Waals surface area (Å²) in [7, 11) is 0. The first-order valence-corrected chi connectivity index (χ1v) is 25.2. The summed E-state index contributed by atoms with van der Waals surface area (Å²) in [5.74, 6) is 4.54. The highest BCUT2D eigenvalue weighted by Crippen LogP contribution is 2.64. The fourth-order valence-electron chi connectivity index (χ4n) is 12.8. The second-order valence-corrected chi connectivity index (χ2v) is 19.8. The SMILES string of the molecule is c1ccc2c(c1)Oc1ccccc1N2c1ccc(-c2nc(-c3ccc(N4c5ccccc5C5C[C@@H]5c5ccccc54)cc3)nc(-c3ccc4c(c3)C3(c5ccccc5-c5ccccc53)c3ccccc3-4)n2)cc1. The standard InChI is InChI=1S/C67H43N5O/c1-6-20-54-46(15-1)47-16-2-7-21-55(47)67(54)56-22-8-3-17-48(56)49-38-33-43(39-57(49)67)66-69-64(41-29-34-44(35-30-41)71-58-23-9-4-18-50(58)52-40-53(52)51-19-5-10-24-59(51)71)68-65(70-66)42-31-36-45(37-32-42)72-60-25-11-13-27-62(60)73-63-28-14-12-26-61(63)72/h1-39,52-53H,40H2/t52-,53?/m1/s1. The van der Waals surface area contributed by atoms with Gasteiger partial charge in [-0.3, -0.25) is 0 Å². The molecule has 1 aromatic heterocycles. The largest absolute Gasteiger partial charge is 0.453 e. The molecule has 10 aromatic carbocycles. The van der Waals surface area contributed by atoms with E-state index in [9.17, 15) is 0 Å². The molecule has 1 spiro atoms. The zero-order valence-corrected chi connectivity index (χ0v) is 39.5. The first-order chi connectivity index (χ1) is 36.2. The zero-order valence-electron chi connectivity index (χ0n) is 39.5. The molecule has 342 valence electrons. The Morgan fingerprint density at radius 2 is 0.712 bits per heavy atom. The van der Waals surface area contributed by atoms with Crippen LogP contribution in [0.4, 0.5) is 34.1 Å². The molecule has 6 heteroatoms. The van der Waals surface area contributed by atoms with E-state index >= 15 is 0 Å². The zero-order chi connectivity index (χ0) is 47.8. The molecule has 11 aromatic rings. The van der Waals surface area contributed by atoms with Crippen LogP contribution in [0.1, 0.15) is 51.6 Å². The van der Waals surface area contributed by atoms with Crippen molar-refractivity contribution in [2.24, 2.45) is 0 Å². The molecule has 3 aliphatic carbocycles. The lowest BCUT2D eigenvalue weighted by Crippen LogP contribution is -2.25. The Kier molecular flexibility index (Phi) is 8.46. The van der Waals surface area contributed by atoms with Crippen LogP contribution in [0.25, 0.3) is 56.4 Å². The maximum atomic E-state index is 6.36. The minimum Gasteiger partial charge on any atom is -0.453 e. The van der Waals surface area contributed by atoms with Crippen LogP contribution >= 0.6 is 0 Å². The van der Waals surface area contributed by atoms with Gasteiger partial charge in [0.2, 0.25) is 0 Å². The highest BCUT2D eigenvalue weighted by molar-refractivity contribution is 5.96. The Labute approximate surface area is 423 Å². The first kappa shape index (κ1) is 40.4. The van der Waals surface area contributed by atoms with Gasteiger partial charge >= 0.3 is 0 Å². The molecule has 73 heavy (non-hydrogen) atoms. The summed E-state index contributed by atoms with van der Waals surface area (Å²) in [6.07, 6.45) is 1.20. The molecule has 6 nitrogen and oxygen atoms in total. The molecule has 0 radical (unpaired) electrons. The van der Waals surface area contributed by atoms with E-state index in [1.807, 2.05) is 24.3 Å². The van der Waals surface area contributed by atoms with E-state index in [1.54, 1.807) is 0 Å². The van der Waals surface area contributed by atoms with E-state index in [1.165, 1.54) is 73.4 Å². The van der Waals surface area contributed by atoms with Gasteiger partial charge in [-0.05, 0) is 165 Å². The average Bonchev–Trinajstić information content (AvgIpc) is 4.16. The molecule has 5 aliphatic rings. The van der Waals surface area contributed by atoms with Crippen molar-refractivity contribution in [2.45, 2.75) is 23.7 Å². The molecule has 3 heterocycles. The molecule has 1 fully saturated rings. The van der Waals surface area contributed by atoms with Crippen LogP contribution in [0.3, 0.4) is 0 Å². The molecule has 0 bridgehead atoms. The van der Waals surface area contributed by atoms with Crippen molar-refractivity contribution in [1.82, 2.24) is 15.0 Å².